The molecule has 1 aliphatic heterocycles. The minimum absolute atomic E-state index is 0.0169. The molecule has 2 N–H and O–H groups in total. The molecule has 4 aromatic rings. The lowest BCUT2D eigenvalue weighted by Crippen LogP contribution is -2.42. The zero-order chi connectivity index (χ0) is 22.2. The lowest BCUT2D eigenvalue weighted by atomic mass is 10.1. The Labute approximate surface area is 189 Å². The number of morpholine rings is 1. The number of hydrogen-bond donors (Lipinski definition) is 2. The van der Waals surface area contributed by atoms with Crippen molar-refractivity contribution in [1.29, 1.82) is 0 Å². The van der Waals surface area contributed by atoms with E-state index in [1.165, 1.54) is 0 Å². The zero-order valence-electron chi connectivity index (χ0n) is 18.2. The van der Waals surface area contributed by atoms with Crippen LogP contribution in [0.3, 0.4) is 0 Å². The van der Waals surface area contributed by atoms with Crippen LogP contribution in [-0.2, 0) is 4.74 Å². The fourth-order valence-corrected chi connectivity index (χ4v) is 4.62. The number of anilines is 2. The number of fused-ring (bicyclic) bond motifs is 1. The van der Waals surface area contributed by atoms with Gasteiger partial charge in [0.1, 0.15) is 11.9 Å². The SMILES string of the molecule is Cc1cc(Nc2ncc(C)s2)cc([C@@H]2CN(C(=O)c3ccc4nc(C)[nH]c4c3)CCO2)n1. The van der Waals surface area contributed by atoms with Gasteiger partial charge in [-0.25, -0.2) is 9.97 Å². The average molecular weight is 449 g/mol. The quantitative estimate of drug-likeness (QED) is 0.483. The number of nitrogens with zero attached hydrogens (tertiary/aromatic N) is 4. The van der Waals surface area contributed by atoms with Crippen LogP contribution < -0.4 is 5.32 Å². The Morgan fingerprint density at radius 2 is 2.09 bits per heavy atom. The third kappa shape index (κ3) is 4.21. The summed E-state index contributed by atoms with van der Waals surface area (Å²) >= 11 is 1.60. The molecule has 4 heterocycles. The maximum Gasteiger partial charge on any atom is 0.254 e. The number of rotatable bonds is 4. The maximum atomic E-state index is 13.2. The van der Waals surface area contributed by atoms with E-state index in [9.17, 15) is 4.79 Å². The molecule has 8 nitrogen and oxygen atoms in total. The first-order valence-corrected chi connectivity index (χ1v) is 11.3. The van der Waals surface area contributed by atoms with E-state index in [1.54, 1.807) is 11.3 Å². The number of aromatic nitrogens is 4. The minimum atomic E-state index is -0.288. The van der Waals surface area contributed by atoms with Gasteiger partial charge in [0, 0.05) is 34.6 Å². The van der Waals surface area contributed by atoms with Crippen molar-refractivity contribution in [3.63, 3.8) is 0 Å². The number of aryl methyl sites for hydroxylation is 3. The molecule has 1 saturated heterocycles. The molecule has 5 rings (SSSR count). The van der Waals surface area contributed by atoms with Crippen molar-refractivity contribution in [1.82, 2.24) is 24.8 Å². The molecule has 0 radical (unpaired) electrons. The van der Waals surface area contributed by atoms with E-state index in [0.29, 0.717) is 25.3 Å². The Hall–Kier alpha value is -3.30. The number of aromatic amines is 1. The van der Waals surface area contributed by atoms with Gasteiger partial charge in [0.25, 0.3) is 5.91 Å². The van der Waals surface area contributed by atoms with Crippen molar-refractivity contribution in [3.05, 3.63) is 64.2 Å². The average Bonchev–Trinajstić information content (AvgIpc) is 3.36. The standard InChI is InChI=1S/C23H24N6O2S/c1-13-8-17(28-23-24-11-14(2)32-23)10-20(25-13)21-12-29(6-7-31-21)22(30)16-4-5-18-19(9-16)27-15(3)26-18/h4-5,8-11,21H,6-7,12H2,1-3H3,(H,26,27)(H,24,25,28)/t21-/m0/s1. The number of carbonyl (C=O) groups excluding carboxylic acids is 1. The Balaban J connectivity index is 1.35. The molecule has 1 aromatic carbocycles. The summed E-state index contributed by atoms with van der Waals surface area (Å²) < 4.78 is 6.00. The minimum Gasteiger partial charge on any atom is -0.368 e. The predicted molar refractivity (Wildman–Crippen MR) is 125 cm³/mol. The molecule has 9 heteroatoms. The largest absolute Gasteiger partial charge is 0.368 e. The highest BCUT2D eigenvalue weighted by molar-refractivity contribution is 7.15. The van der Waals surface area contributed by atoms with Crippen LogP contribution in [0.2, 0.25) is 0 Å². The second kappa shape index (κ2) is 8.33. The van der Waals surface area contributed by atoms with Crippen LogP contribution in [0.5, 0.6) is 0 Å². The van der Waals surface area contributed by atoms with E-state index in [4.69, 9.17) is 4.74 Å². The van der Waals surface area contributed by atoms with Crippen LogP contribution >= 0.6 is 11.3 Å². The van der Waals surface area contributed by atoms with E-state index in [0.717, 1.165) is 43.9 Å². The monoisotopic (exact) mass is 448 g/mol. The number of carbonyl (C=O) groups is 1. The van der Waals surface area contributed by atoms with Gasteiger partial charge in [0.2, 0.25) is 0 Å². The number of amides is 1. The van der Waals surface area contributed by atoms with Crippen molar-refractivity contribution < 1.29 is 9.53 Å². The van der Waals surface area contributed by atoms with Crippen LogP contribution in [0, 0.1) is 20.8 Å². The van der Waals surface area contributed by atoms with E-state index >= 15 is 0 Å². The van der Waals surface area contributed by atoms with E-state index in [-0.39, 0.29) is 12.0 Å². The Morgan fingerprint density at radius 3 is 2.91 bits per heavy atom. The molecule has 32 heavy (non-hydrogen) atoms. The second-order valence-corrected chi connectivity index (χ2v) is 9.22. The number of H-pyrrole nitrogens is 1. The number of nitrogens with one attached hydrogen (secondary N) is 2. The first-order valence-electron chi connectivity index (χ1n) is 10.5. The molecule has 1 fully saturated rings. The van der Waals surface area contributed by atoms with Gasteiger partial charge in [-0.15, -0.1) is 11.3 Å². The summed E-state index contributed by atoms with van der Waals surface area (Å²) in [4.78, 5) is 32.8. The van der Waals surface area contributed by atoms with Gasteiger partial charge in [-0.2, -0.15) is 0 Å². The summed E-state index contributed by atoms with van der Waals surface area (Å²) in [5.74, 6) is 0.815. The van der Waals surface area contributed by atoms with Crippen LogP contribution in [0.1, 0.15) is 38.6 Å². The highest BCUT2D eigenvalue weighted by Crippen LogP contribution is 2.28. The van der Waals surface area contributed by atoms with Gasteiger partial charge >= 0.3 is 0 Å². The molecule has 1 atom stereocenters. The van der Waals surface area contributed by atoms with Crippen molar-refractivity contribution >= 4 is 39.1 Å². The van der Waals surface area contributed by atoms with Crippen molar-refractivity contribution in [3.8, 4) is 0 Å². The van der Waals surface area contributed by atoms with Gasteiger partial charge in [0.05, 0.1) is 29.9 Å². The topological polar surface area (TPSA) is 96.0 Å². The van der Waals surface area contributed by atoms with Crippen molar-refractivity contribution in [2.45, 2.75) is 26.9 Å². The molecule has 0 bridgehead atoms. The van der Waals surface area contributed by atoms with Crippen LogP contribution in [-0.4, -0.2) is 50.4 Å². The molecule has 1 aliphatic rings. The van der Waals surface area contributed by atoms with Crippen molar-refractivity contribution in [2.24, 2.45) is 0 Å². The van der Waals surface area contributed by atoms with Crippen LogP contribution in [0.25, 0.3) is 11.0 Å². The second-order valence-electron chi connectivity index (χ2n) is 7.99. The van der Waals surface area contributed by atoms with E-state index in [1.807, 2.05) is 62.2 Å². The van der Waals surface area contributed by atoms with Crippen LogP contribution in [0.15, 0.2) is 36.5 Å². The third-order valence-corrected chi connectivity index (χ3v) is 6.20. The van der Waals surface area contributed by atoms with Crippen molar-refractivity contribution in [2.75, 3.05) is 25.0 Å². The molecule has 0 unspecified atom stereocenters. The number of thiazole rings is 1. The zero-order valence-corrected chi connectivity index (χ0v) is 19.0. The first-order chi connectivity index (χ1) is 15.4. The lowest BCUT2D eigenvalue weighted by molar-refractivity contribution is -0.0247. The fourth-order valence-electron chi connectivity index (χ4n) is 3.93. The number of benzene rings is 1. The normalized spacial score (nSPS) is 16.5. The Morgan fingerprint density at radius 1 is 1.22 bits per heavy atom. The molecule has 0 spiro atoms. The molecular formula is C23H24N6O2S. The van der Waals surface area contributed by atoms with Gasteiger partial charge < -0.3 is 19.9 Å². The summed E-state index contributed by atoms with van der Waals surface area (Å²) in [6.45, 7) is 7.34. The summed E-state index contributed by atoms with van der Waals surface area (Å²) in [7, 11) is 0. The van der Waals surface area contributed by atoms with Gasteiger partial charge in [-0.05, 0) is 51.1 Å². The highest BCUT2D eigenvalue weighted by Gasteiger charge is 2.27. The summed E-state index contributed by atoms with van der Waals surface area (Å²) in [5, 5.41) is 4.18. The third-order valence-electron chi connectivity index (χ3n) is 5.38. The van der Waals surface area contributed by atoms with Crippen LogP contribution in [0.4, 0.5) is 10.8 Å². The molecule has 1 amide bonds. The number of ether oxygens (including phenoxy) is 1. The molecular weight excluding hydrogens is 424 g/mol. The summed E-state index contributed by atoms with van der Waals surface area (Å²) in [6, 6.07) is 9.53. The van der Waals surface area contributed by atoms with Gasteiger partial charge in [0.15, 0.2) is 5.13 Å². The highest BCUT2D eigenvalue weighted by atomic mass is 32.1. The number of imidazole rings is 1. The maximum absolute atomic E-state index is 13.2. The van der Waals surface area contributed by atoms with E-state index < -0.39 is 0 Å². The first kappa shape index (κ1) is 20.6. The smallest absolute Gasteiger partial charge is 0.254 e. The molecule has 0 aliphatic carbocycles. The molecule has 3 aromatic heterocycles. The Bertz CT molecular complexity index is 1300. The molecule has 0 saturated carbocycles. The number of hydrogen-bond acceptors (Lipinski definition) is 7. The lowest BCUT2D eigenvalue weighted by Gasteiger charge is -2.33. The molecule has 164 valence electrons. The van der Waals surface area contributed by atoms with Gasteiger partial charge in [-0.1, -0.05) is 0 Å². The summed E-state index contributed by atoms with van der Waals surface area (Å²) in [6.07, 6.45) is 1.56. The Kier molecular flexibility index (Phi) is 5.36. The fraction of sp³-hybridized carbons (Fsp3) is 0.304. The predicted octanol–water partition coefficient (Wildman–Crippen LogP) is 4.30. The van der Waals surface area contributed by atoms with Gasteiger partial charge in [-0.3, -0.25) is 9.78 Å². The number of pyridine rings is 1. The summed E-state index contributed by atoms with van der Waals surface area (Å²) in [5.41, 5.74) is 4.96. The van der Waals surface area contributed by atoms with E-state index in [2.05, 4.69) is 25.3 Å².